The number of allylic oxidation sites excluding steroid dienone is 4. The lowest BCUT2D eigenvalue weighted by Crippen LogP contribution is -2.45. The molecule has 0 bridgehead atoms. The van der Waals surface area contributed by atoms with E-state index in [1.807, 2.05) is 0 Å². The molecule has 6 heteroatoms. The molecule has 0 rings (SSSR count). The van der Waals surface area contributed by atoms with Gasteiger partial charge in [-0.2, -0.15) is 0 Å². The van der Waals surface area contributed by atoms with Crippen LogP contribution in [0.15, 0.2) is 36.5 Å². The van der Waals surface area contributed by atoms with E-state index in [4.69, 9.17) is 4.74 Å². The summed E-state index contributed by atoms with van der Waals surface area (Å²) in [5.74, 6) is -0.124. The monoisotopic (exact) mass is 1000 g/mol. The van der Waals surface area contributed by atoms with E-state index in [0.717, 1.165) is 51.7 Å². The van der Waals surface area contributed by atoms with Crippen molar-refractivity contribution in [1.29, 1.82) is 0 Å². The Hall–Kier alpha value is -1.47. The van der Waals surface area contributed by atoms with E-state index in [2.05, 4.69) is 43.5 Å². The standard InChI is InChI=1S/C65H125NO5/c1-3-5-7-9-11-13-15-16-31-34-37-41-45-49-53-59-71-60-54-50-46-42-38-35-32-29-27-25-23-21-19-17-18-20-22-24-26-28-30-33-36-40-44-48-52-56-65(70)66-63(61-67)64(69)58-57-62(68)55-51-47-43-39-14-12-10-8-6-4-2/h11,13,16,31,57-58,62-64,67-69H,3-10,12,14-15,17-30,32-56,59-61H2,1-2H3,(H,66,70)/b13-11-,31-16-,58-57+. The molecule has 0 fully saturated rings. The molecule has 71 heavy (non-hydrogen) atoms. The molecule has 0 aliphatic carbocycles. The lowest BCUT2D eigenvalue weighted by atomic mass is 10.0. The van der Waals surface area contributed by atoms with Gasteiger partial charge in [-0.25, -0.2) is 0 Å². The molecule has 3 atom stereocenters. The Labute approximate surface area is 443 Å². The van der Waals surface area contributed by atoms with Crippen LogP contribution in [0.3, 0.4) is 0 Å². The summed E-state index contributed by atoms with van der Waals surface area (Å²) in [6.45, 7) is 6.11. The number of carbonyl (C=O) groups excluding carboxylic acids is 1. The van der Waals surface area contributed by atoms with Crippen molar-refractivity contribution in [3.05, 3.63) is 36.5 Å². The Morgan fingerprint density at radius 2 is 0.732 bits per heavy atom. The lowest BCUT2D eigenvalue weighted by molar-refractivity contribution is -0.123. The third kappa shape index (κ3) is 57.7. The average molecular weight is 1000 g/mol. The van der Waals surface area contributed by atoms with Crippen LogP contribution in [0.5, 0.6) is 0 Å². The Balaban J connectivity index is 3.36. The number of ether oxygens (including phenoxy) is 1. The number of carbonyl (C=O) groups is 1. The van der Waals surface area contributed by atoms with Crippen molar-refractivity contribution < 1.29 is 24.9 Å². The predicted molar refractivity (Wildman–Crippen MR) is 311 cm³/mol. The molecule has 0 heterocycles. The normalized spacial score (nSPS) is 13.4. The summed E-state index contributed by atoms with van der Waals surface area (Å²) in [6.07, 6.45) is 75.2. The van der Waals surface area contributed by atoms with E-state index < -0.39 is 18.2 Å². The van der Waals surface area contributed by atoms with Crippen LogP contribution in [0, 0.1) is 0 Å². The van der Waals surface area contributed by atoms with Gasteiger partial charge in [0.2, 0.25) is 5.91 Å². The molecule has 0 aromatic carbocycles. The van der Waals surface area contributed by atoms with Gasteiger partial charge in [-0.15, -0.1) is 0 Å². The molecule has 0 aliphatic heterocycles. The van der Waals surface area contributed by atoms with Crippen molar-refractivity contribution >= 4 is 5.91 Å². The van der Waals surface area contributed by atoms with Gasteiger partial charge in [0.15, 0.2) is 0 Å². The van der Waals surface area contributed by atoms with E-state index in [1.165, 1.54) is 276 Å². The Bertz CT molecular complexity index is 1110. The summed E-state index contributed by atoms with van der Waals surface area (Å²) >= 11 is 0. The van der Waals surface area contributed by atoms with Crippen LogP contribution in [0.2, 0.25) is 0 Å². The second-order valence-electron chi connectivity index (χ2n) is 21.9. The maximum atomic E-state index is 12.5. The average Bonchev–Trinajstić information content (AvgIpc) is 3.37. The Morgan fingerprint density at radius 1 is 0.408 bits per heavy atom. The van der Waals surface area contributed by atoms with Crippen molar-refractivity contribution in [3.8, 4) is 0 Å². The van der Waals surface area contributed by atoms with Gasteiger partial charge < -0.3 is 25.4 Å². The van der Waals surface area contributed by atoms with Crippen molar-refractivity contribution in [2.24, 2.45) is 0 Å². The third-order valence-electron chi connectivity index (χ3n) is 14.8. The molecule has 4 N–H and O–H groups in total. The highest BCUT2D eigenvalue weighted by molar-refractivity contribution is 5.76. The van der Waals surface area contributed by atoms with Crippen LogP contribution in [-0.2, 0) is 9.53 Å². The quantitative estimate of drug-likeness (QED) is 0.0359. The molecule has 6 nitrogen and oxygen atoms in total. The van der Waals surface area contributed by atoms with Crippen molar-refractivity contribution in [3.63, 3.8) is 0 Å². The molecule has 0 saturated carbocycles. The molecule has 0 aromatic rings. The second kappa shape index (κ2) is 61.1. The van der Waals surface area contributed by atoms with E-state index in [1.54, 1.807) is 6.08 Å². The number of hydrogen-bond donors (Lipinski definition) is 4. The molecule has 0 aliphatic rings. The van der Waals surface area contributed by atoms with Crippen LogP contribution in [0.25, 0.3) is 0 Å². The van der Waals surface area contributed by atoms with Gasteiger partial charge in [-0.05, 0) is 57.8 Å². The van der Waals surface area contributed by atoms with Gasteiger partial charge >= 0.3 is 0 Å². The van der Waals surface area contributed by atoms with E-state index in [-0.39, 0.29) is 12.5 Å². The van der Waals surface area contributed by atoms with Gasteiger partial charge in [0, 0.05) is 19.6 Å². The zero-order valence-electron chi connectivity index (χ0n) is 47.8. The first-order valence-corrected chi connectivity index (χ1v) is 31.9. The summed E-state index contributed by atoms with van der Waals surface area (Å²) in [4.78, 5) is 12.5. The van der Waals surface area contributed by atoms with Crippen LogP contribution in [-0.4, -0.2) is 59.3 Å². The summed E-state index contributed by atoms with van der Waals surface area (Å²) < 4.78 is 5.90. The van der Waals surface area contributed by atoms with Crippen molar-refractivity contribution in [2.45, 2.75) is 353 Å². The third-order valence-corrected chi connectivity index (χ3v) is 14.8. The topological polar surface area (TPSA) is 99.0 Å². The summed E-state index contributed by atoms with van der Waals surface area (Å²) in [5.41, 5.74) is 0. The first-order chi connectivity index (χ1) is 35.0. The van der Waals surface area contributed by atoms with E-state index in [0.29, 0.717) is 12.8 Å². The zero-order chi connectivity index (χ0) is 51.4. The minimum Gasteiger partial charge on any atom is -0.394 e. The van der Waals surface area contributed by atoms with Crippen molar-refractivity contribution in [2.75, 3.05) is 19.8 Å². The molecular weight excluding hydrogens is 875 g/mol. The molecule has 0 saturated heterocycles. The van der Waals surface area contributed by atoms with Crippen LogP contribution < -0.4 is 5.32 Å². The highest BCUT2D eigenvalue weighted by Crippen LogP contribution is 2.18. The van der Waals surface area contributed by atoms with Gasteiger partial charge in [-0.3, -0.25) is 4.79 Å². The fraction of sp³-hybridized carbons (Fsp3) is 0.892. The summed E-state index contributed by atoms with van der Waals surface area (Å²) in [5, 5.41) is 33.3. The minimum atomic E-state index is -1.01. The summed E-state index contributed by atoms with van der Waals surface area (Å²) in [7, 11) is 0. The number of amides is 1. The number of unbranched alkanes of at least 4 members (excludes halogenated alkanes) is 43. The van der Waals surface area contributed by atoms with Gasteiger partial charge in [0.05, 0.1) is 24.9 Å². The minimum absolute atomic E-state index is 0.124. The van der Waals surface area contributed by atoms with Crippen molar-refractivity contribution in [1.82, 2.24) is 5.32 Å². The molecule has 0 spiro atoms. The second-order valence-corrected chi connectivity index (χ2v) is 21.9. The molecule has 0 radical (unpaired) electrons. The van der Waals surface area contributed by atoms with Crippen LogP contribution >= 0.6 is 0 Å². The highest BCUT2D eigenvalue weighted by Gasteiger charge is 2.18. The fourth-order valence-corrected chi connectivity index (χ4v) is 9.86. The first-order valence-electron chi connectivity index (χ1n) is 31.9. The van der Waals surface area contributed by atoms with Gasteiger partial charge in [-0.1, -0.05) is 307 Å². The SMILES string of the molecule is CCCCC/C=C\C/C=C\CCCCCCCOCCCCCCCCCCCCCCCCCCCCCCCCCCCCCC(=O)NC(CO)C(O)/C=C/C(O)CCCCCCCCCCCC. The van der Waals surface area contributed by atoms with Crippen LogP contribution in [0.4, 0.5) is 0 Å². The van der Waals surface area contributed by atoms with E-state index >= 15 is 0 Å². The fourth-order valence-electron chi connectivity index (χ4n) is 9.86. The smallest absolute Gasteiger partial charge is 0.220 e. The van der Waals surface area contributed by atoms with Gasteiger partial charge in [0.25, 0.3) is 0 Å². The number of aliphatic hydroxyl groups excluding tert-OH is 3. The molecule has 0 aromatic heterocycles. The molecule has 3 unspecified atom stereocenters. The molecular formula is C65H125NO5. The zero-order valence-corrected chi connectivity index (χ0v) is 47.8. The predicted octanol–water partition coefficient (Wildman–Crippen LogP) is 19.4. The number of hydrogen-bond acceptors (Lipinski definition) is 5. The lowest BCUT2D eigenvalue weighted by Gasteiger charge is -2.20. The summed E-state index contributed by atoms with van der Waals surface area (Å²) in [6, 6.07) is -0.743. The van der Waals surface area contributed by atoms with E-state index in [9.17, 15) is 20.1 Å². The van der Waals surface area contributed by atoms with Gasteiger partial charge in [0.1, 0.15) is 0 Å². The number of rotatable bonds is 60. The number of aliphatic hydroxyl groups is 3. The molecule has 1 amide bonds. The highest BCUT2D eigenvalue weighted by atomic mass is 16.5. The maximum absolute atomic E-state index is 12.5. The Morgan fingerprint density at radius 3 is 1.13 bits per heavy atom. The maximum Gasteiger partial charge on any atom is 0.220 e. The number of nitrogens with one attached hydrogen (secondary N) is 1. The molecule has 420 valence electrons. The Kier molecular flexibility index (Phi) is 59.8. The van der Waals surface area contributed by atoms with Crippen LogP contribution in [0.1, 0.15) is 335 Å². The largest absolute Gasteiger partial charge is 0.394 e. The first kappa shape index (κ1) is 69.5.